The van der Waals surface area contributed by atoms with Gasteiger partial charge in [-0.2, -0.15) is 0 Å². The van der Waals surface area contributed by atoms with Gasteiger partial charge in [0.2, 0.25) is 11.8 Å². The zero-order chi connectivity index (χ0) is 24.5. The minimum atomic E-state index is -1.00. The number of Topliss-reactive ketones (excluding diaryl/α,β-unsaturated/α-hetero) is 1. The highest BCUT2D eigenvalue weighted by molar-refractivity contribution is 5.96. The van der Waals surface area contributed by atoms with E-state index in [1.54, 1.807) is 33.8 Å². The van der Waals surface area contributed by atoms with Crippen LogP contribution in [0.2, 0.25) is 0 Å². The predicted molar refractivity (Wildman–Crippen MR) is 120 cm³/mol. The molecule has 4 saturated heterocycles. The first kappa shape index (κ1) is 22.3. The maximum Gasteiger partial charge on any atom is 0.409 e. The molecule has 0 radical (unpaired) electrons. The second kappa shape index (κ2) is 7.94. The molecule has 1 aromatic heterocycles. The maximum atomic E-state index is 14.0. The summed E-state index contributed by atoms with van der Waals surface area (Å²) in [5, 5.41) is 0. The lowest BCUT2D eigenvalue weighted by Crippen LogP contribution is -2.55. The van der Waals surface area contributed by atoms with Gasteiger partial charge in [0, 0.05) is 38.5 Å². The average molecular weight is 484 g/mol. The molecule has 2 bridgehead atoms. The highest BCUT2D eigenvalue weighted by Gasteiger charge is 2.74. The Morgan fingerprint density at radius 1 is 1.17 bits per heavy atom. The van der Waals surface area contributed by atoms with Crippen LogP contribution in [-0.2, 0) is 23.9 Å². The highest BCUT2D eigenvalue weighted by Crippen LogP contribution is 2.60. The fourth-order valence-electron chi connectivity index (χ4n) is 6.78. The van der Waals surface area contributed by atoms with Crippen LogP contribution in [-0.4, -0.2) is 88.9 Å². The monoisotopic (exact) mass is 483 g/mol. The van der Waals surface area contributed by atoms with Crippen molar-refractivity contribution in [1.82, 2.24) is 14.7 Å². The Morgan fingerprint density at radius 3 is 2.60 bits per heavy atom. The minimum absolute atomic E-state index is 0.0563. The summed E-state index contributed by atoms with van der Waals surface area (Å²) in [6.07, 6.45) is 4.61. The number of piperidine rings is 1. The van der Waals surface area contributed by atoms with Gasteiger partial charge in [0.05, 0.1) is 42.9 Å². The number of ether oxygens (including phenoxy) is 2. The van der Waals surface area contributed by atoms with Gasteiger partial charge in [-0.15, -0.1) is 0 Å². The highest BCUT2D eigenvalue weighted by atomic mass is 16.6. The number of carbonyl (C=O) groups excluding carboxylic acids is 4. The number of carbonyl (C=O) groups is 4. The number of piperazine rings is 1. The van der Waals surface area contributed by atoms with E-state index in [-0.39, 0.29) is 30.1 Å². The lowest BCUT2D eigenvalue weighted by atomic mass is 9.70. The van der Waals surface area contributed by atoms with E-state index in [0.717, 1.165) is 0 Å². The molecular weight excluding hydrogens is 454 g/mol. The summed E-state index contributed by atoms with van der Waals surface area (Å²) < 4.78 is 17.1. The van der Waals surface area contributed by atoms with E-state index in [0.29, 0.717) is 38.5 Å². The third-order valence-electron chi connectivity index (χ3n) is 8.35. The Bertz CT molecular complexity index is 1090. The SMILES string of the molecule is CCOC(=O)N1CCN(C(=O)C2C3C(=O)N4C(c5ccco5)CC(=O)C(C)C4[C@]34C=C[C@@H]2O4)CC1. The fourth-order valence-corrected chi connectivity index (χ4v) is 6.78. The molecule has 7 atom stereocenters. The topological polar surface area (TPSA) is 110 Å². The van der Waals surface area contributed by atoms with Crippen molar-refractivity contribution >= 4 is 23.7 Å². The molecule has 0 aliphatic carbocycles. The first-order chi connectivity index (χ1) is 16.9. The Labute approximate surface area is 202 Å². The third kappa shape index (κ3) is 3.05. The molecule has 5 aliphatic heterocycles. The van der Waals surface area contributed by atoms with E-state index < -0.39 is 41.5 Å². The predicted octanol–water partition coefficient (Wildman–Crippen LogP) is 1.38. The van der Waals surface area contributed by atoms with Gasteiger partial charge in [0.1, 0.15) is 17.1 Å². The molecular formula is C25H29N3O7. The second-order valence-corrected chi connectivity index (χ2v) is 9.99. The molecule has 3 amide bonds. The normalized spacial score (nSPS) is 37.6. The van der Waals surface area contributed by atoms with Crippen LogP contribution in [0.5, 0.6) is 0 Å². The number of rotatable bonds is 3. The first-order valence-electron chi connectivity index (χ1n) is 12.3. The number of hydrogen-bond acceptors (Lipinski definition) is 7. The first-order valence-corrected chi connectivity index (χ1v) is 12.3. The summed E-state index contributed by atoms with van der Waals surface area (Å²) in [6, 6.07) is 2.53. The molecule has 0 aromatic carbocycles. The van der Waals surface area contributed by atoms with Crippen molar-refractivity contribution in [2.45, 2.75) is 44.1 Å². The molecule has 1 spiro atoms. The largest absolute Gasteiger partial charge is 0.467 e. The Balaban J connectivity index is 1.28. The Kier molecular flexibility index (Phi) is 5.07. The summed E-state index contributed by atoms with van der Waals surface area (Å²) in [7, 11) is 0. The number of hydrogen-bond donors (Lipinski definition) is 0. The summed E-state index contributed by atoms with van der Waals surface area (Å²) in [5.74, 6) is -1.45. The molecule has 0 saturated carbocycles. The molecule has 6 heterocycles. The van der Waals surface area contributed by atoms with Crippen LogP contribution in [0.4, 0.5) is 4.79 Å². The molecule has 186 valence electrons. The van der Waals surface area contributed by atoms with Crippen molar-refractivity contribution in [3.8, 4) is 0 Å². The van der Waals surface area contributed by atoms with Crippen LogP contribution in [0.15, 0.2) is 35.0 Å². The fraction of sp³-hybridized carbons (Fsp3) is 0.600. The standard InChI is InChI=1S/C25H29N3O7/c1-3-33-24(32)27-10-8-26(9-11-27)22(30)19-18-6-7-25(35-18)20(19)23(31)28-15(17-5-4-12-34-17)13-16(29)14(2)21(25)28/h4-7,12,14-15,18-21H,3,8-11,13H2,1-2H3/t14?,15?,18-,19?,20?,21?,25-/m0/s1. The molecule has 4 fully saturated rings. The molecule has 5 unspecified atom stereocenters. The molecule has 1 aromatic rings. The lowest BCUT2D eigenvalue weighted by Gasteiger charge is -2.43. The zero-order valence-corrected chi connectivity index (χ0v) is 19.8. The van der Waals surface area contributed by atoms with Crippen LogP contribution < -0.4 is 0 Å². The Morgan fingerprint density at radius 2 is 1.91 bits per heavy atom. The number of furan rings is 1. The van der Waals surface area contributed by atoms with Crippen molar-refractivity contribution < 1.29 is 33.1 Å². The van der Waals surface area contributed by atoms with Crippen LogP contribution in [0.3, 0.4) is 0 Å². The van der Waals surface area contributed by atoms with E-state index in [1.165, 1.54) is 6.26 Å². The smallest absolute Gasteiger partial charge is 0.409 e. The van der Waals surface area contributed by atoms with Gasteiger partial charge in [-0.25, -0.2) is 4.79 Å². The molecule has 35 heavy (non-hydrogen) atoms. The van der Waals surface area contributed by atoms with Crippen molar-refractivity contribution in [3.05, 3.63) is 36.3 Å². The van der Waals surface area contributed by atoms with E-state index in [4.69, 9.17) is 13.9 Å². The van der Waals surface area contributed by atoms with Gasteiger partial charge < -0.3 is 28.6 Å². The molecule has 5 aliphatic rings. The van der Waals surface area contributed by atoms with E-state index in [2.05, 4.69) is 0 Å². The zero-order valence-electron chi connectivity index (χ0n) is 19.8. The summed E-state index contributed by atoms with van der Waals surface area (Å²) in [4.78, 5) is 57.9. The quantitative estimate of drug-likeness (QED) is 0.598. The number of amides is 3. The van der Waals surface area contributed by atoms with Crippen LogP contribution in [0.1, 0.15) is 32.1 Å². The van der Waals surface area contributed by atoms with Crippen LogP contribution in [0.25, 0.3) is 0 Å². The van der Waals surface area contributed by atoms with E-state index in [1.807, 2.05) is 19.1 Å². The second-order valence-electron chi connectivity index (χ2n) is 9.99. The van der Waals surface area contributed by atoms with Crippen LogP contribution >= 0.6 is 0 Å². The molecule has 10 nitrogen and oxygen atoms in total. The summed E-state index contributed by atoms with van der Waals surface area (Å²) in [6.45, 7) is 5.40. The van der Waals surface area contributed by atoms with Gasteiger partial charge in [0.15, 0.2) is 0 Å². The van der Waals surface area contributed by atoms with Crippen molar-refractivity contribution in [3.63, 3.8) is 0 Å². The Hall–Kier alpha value is -3.14. The number of nitrogens with zero attached hydrogens (tertiary/aromatic N) is 3. The maximum absolute atomic E-state index is 14.0. The van der Waals surface area contributed by atoms with E-state index >= 15 is 0 Å². The van der Waals surface area contributed by atoms with Gasteiger partial charge in [-0.05, 0) is 19.1 Å². The van der Waals surface area contributed by atoms with Gasteiger partial charge in [-0.3, -0.25) is 14.4 Å². The average Bonchev–Trinajstić information content (AvgIpc) is 3.64. The van der Waals surface area contributed by atoms with E-state index in [9.17, 15) is 19.2 Å². The molecule has 6 rings (SSSR count). The lowest BCUT2D eigenvalue weighted by molar-refractivity contribution is -0.150. The molecule has 10 heteroatoms. The third-order valence-corrected chi connectivity index (χ3v) is 8.35. The van der Waals surface area contributed by atoms with Gasteiger partial charge in [0.25, 0.3) is 0 Å². The number of fused-ring (bicyclic) bond motifs is 2. The summed E-state index contributed by atoms with van der Waals surface area (Å²) in [5.41, 5.74) is -1.00. The molecule has 0 N–H and O–H groups in total. The number of ketones is 1. The van der Waals surface area contributed by atoms with Crippen molar-refractivity contribution in [1.29, 1.82) is 0 Å². The van der Waals surface area contributed by atoms with Crippen LogP contribution in [0, 0.1) is 17.8 Å². The van der Waals surface area contributed by atoms with Gasteiger partial charge in [-0.1, -0.05) is 19.1 Å². The van der Waals surface area contributed by atoms with Crippen molar-refractivity contribution in [2.75, 3.05) is 32.8 Å². The summed E-state index contributed by atoms with van der Waals surface area (Å²) >= 11 is 0. The van der Waals surface area contributed by atoms with Crippen molar-refractivity contribution in [2.24, 2.45) is 17.8 Å². The minimum Gasteiger partial charge on any atom is -0.467 e. The van der Waals surface area contributed by atoms with Gasteiger partial charge >= 0.3 is 6.09 Å².